The molecule has 32 heavy (non-hydrogen) atoms. The van der Waals surface area contributed by atoms with E-state index in [0.29, 0.717) is 30.6 Å². The maximum atomic E-state index is 13.2. The number of rotatable bonds is 7. The van der Waals surface area contributed by atoms with Crippen molar-refractivity contribution in [1.82, 2.24) is 10.2 Å². The van der Waals surface area contributed by atoms with Crippen LogP contribution >= 0.6 is 0 Å². The van der Waals surface area contributed by atoms with Crippen LogP contribution in [-0.4, -0.2) is 41.4 Å². The van der Waals surface area contributed by atoms with Gasteiger partial charge in [0.05, 0.1) is 11.3 Å². The molecule has 2 heterocycles. The fourth-order valence-electron chi connectivity index (χ4n) is 4.98. The molecule has 4 rings (SSSR count). The lowest BCUT2D eigenvalue weighted by atomic mass is 9.98. The molecule has 6 heteroatoms. The Labute approximate surface area is 189 Å². The number of benzene rings is 2. The van der Waals surface area contributed by atoms with E-state index in [1.165, 1.54) is 16.7 Å². The molecule has 0 saturated carbocycles. The van der Waals surface area contributed by atoms with Crippen LogP contribution in [0.4, 0.5) is 5.69 Å². The summed E-state index contributed by atoms with van der Waals surface area (Å²) in [5.74, 6) is -0.165. The first-order chi connectivity index (χ1) is 15.3. The van der Waals surface area contributed by atoms with E-state index in [-0.39, 0.29) is 30.7 Å². The van der Waals surface area contributed by atoms with E-state index in [4.69, 9.17) is 0 Å². The van der Waals surface area contributed by atoms with Crippen molar-refractivity contribution in [2.75, 3.05) is 18.0 Å². The lowest BCUT2D eigenvalue weighted by molar-refractivity contribution is -0.121. The number of hydrogen-bond acceptors (Lipinski definition) is 3. The molecule has 0 aliphatic carbocycles. The van der Waals surface area contributed by atoms with Gasteiger partial charge in [-0.15, -0.1) is 0 Å². The molecule has 1 unspecified atom stereocenters. The minimum Gasteiger partial charge on any atom is -0.356 e. The molecule has 1 saturated heterocycles. The van der Waals surface area contributed by atoms with Crippen LogP contribution in [0.15, 0.2) is 42.5 Å². The van der Waals surface area contributed by atoms with Crippen molar-refractivity contribution >= 4 is 23.4 Å². The van der Waals surface area contributed by atoms with Gasteiger partial charge in [-0.2, -0.15) is 0 Å². The van der Waals surface area contributed by atoms with Crippen LogP contribution in [0.25, 0.3) is 0 Å². The second kappa shape index (κ2) is 8.77. The molecule has 1 fully saturated rings. The minimum absolute atomic E-state index is 0.0216. The lowest BCUT2D eigenvalue weighted by Gasteiger charge is -2.48. The quantitative estimate of drug-likeness (QED) is 0.677. The molecule has 1 N–H and O–H groups in total. The fraction of sp³-hybridized carbons (Fsp3) is 0.423. The number of carbonyl (C=O) groups is 3. The molecule has 0 spiro atoms. The Morgan fingerprint density at radius 1 is 1.12 bits per heavy atom. The van der Waals surface area contributed by atoms with Crippen LogP contribution in [0.1, 0.15) is 59.7 Å². The predicted molar refractivity (Wildman–Crippen MR) is 124 cm³/mol. The Balaban J connectivity index is 1.34. The molecule has 6 nitrogen and oxygen atoms in total. The van der Waals surface area contributed by atoms with E-state index < -0.39 is 5.66 Å². The molecule has 2 aliphatic rings. The molecule has 0 aromatic heterocycles. The molecular formula is C26H31N3O3. The number of aryl methyl sites for hydroxylation is 3. The first-order valence-electron chi connectivity index (χ1n) is 11.4. The second-order valence-corrected chi connectivity index (χ2v) is 9.05. The van der Waals surface area contributed by atoms with Crippen LogP contribution in [-0.2, 0) is 16.0 Å². The fourth-order valence-corrected chi connectivity index (χ4v) is 4.98. The highest BCUT2D eigenvalue weighted by Crippen LogP contribution is 2.43. The minimum atomic E-state index is -0.717. The van der Waals surface area contributed by atoms with E-state index in [1.807, 2.05) is 19.1 Å². The Hall–Kier alpha value is -3.15. The van der Waals surface area contributed by atoms with Crippen LogP contribution in [0.2, 0.25) is 0 Å². The van der Waals surface area contributed by atoms with Gasteiger partial charge < -0.3 is 10.2 Å². The summed E-state index contributed by atoms with van der Waals surface area (Å²) in [4.78, 5) is 41.8. The molecular weight excluding hydrogens is 402 g/mol. The number of carbonyl (C=O) groups excluding carboxylic acids is 3. The monoisotopic (exact) mass is 433 g/mol. The maximum absolute atomic E-state index is 13.2. The highest BCUT2D eigenvalue weighted by Gasteiger charge is 2.52. The SMILES string of the molecule is Cc1ccc(CCCNC(=O)CCN2C(=O)c3ccccc3N3C(=O)CCC23C)c(C)c1. The van der Waals surface area contributed by atoms with Gasteiger partial charge in [-0.05, 0) is 63.3 Å². The Kier molecular flexibility index (Phi) is 6.04. The van der Waals surface area contributed by atoms with Crippen LogP contribution in [0.5, 0.6) is 0 Å². The van der Waals surface area contributed by atoms with E-state index >= 15 is 0 Å². The molecule has 0 bridgehead atoms. The van der Waals surface area contributed by atoms with E-state index in [0.717, 1.165) is 12.8 Å². The zero-order chi connectivity index (χ0) is 22.9. The number of fused-ring (bicyclic) bond motifs is 3. The summed E-state index contributed by atoms with van der Waals surface area (Å²) in [6.07, 6.45) is 2.98. The number of anilines is 1. The van der Waals surface area contributed by atoms with Crippen molar-refractivity contribution in [3.05, 3.63) is 64.7 Å². The largest absolute Gasteiger partial charge is 0.356 e. The summed E-state index contributed by atoms with van der Waals surface area (Å²) in [7, 11) is 0. The van der Waals surface area contributed by atoms with Gasteiger partial charge >= 0.3 is 0 Å². The second-order valence-electron chi connectivity index (χ2n) is 9.05. The summed E-state index contributed by atoms with van der Waals surface area (Å²) in [5, 5.41) is 2.98. The first-order valence-corrected chi connectivity index (χ1v) is 11.4. The van der Waals surface area contributed by atoms with Crippen LogP contribution < -0.4 is 10.2 Å². The summed E-state index contributed by atoms with van der Waals surface area (Å²) in [5.41, 5.74) is 4.33. The first kappa shape index (κ1) is 22.1. The summed E-state index contributed by atoms with van der Waals surface area (Å²) in [6.45, 7) is 7.02. The molecule has 2 aromatic rings. The number of amides is 3. The molecule has 1 atom stereocenters. The predicted octanol–water partition coefficient (Wildman–Crippen LogP) is 3.74. The topological polar surface area (TPSA) is 69.7 Å². The van der Waals surface area contributed by atoms with Gasteiger partial charge in [-0.25, -0.2) is 0 Å². The smallest absolute Gasteiger partial charge is 0.257 e. The van der Waals surface area contributed by atoms with Crippen molar-refractivity contribution < 1.29 is 14.4 Å². The van der Waals surface area contributed by atoms with Crippen LogP contribution in [0, 0.1) is 13.8 Å². The number of nitrogens with zero attached hydrogens (tertiary/aromatic N) is 2. The normalized spacial score (nSPS) is 19.7. The zero-order valence-electron chi connectivity index (χ0n) is 19.1. The Morgan fingerprint density at radius 2 is 1.91 bits per heavy atom. The summed E-state index contributed by atoms with van der Waals surface area (Å²) in [6, 6.07) is 13.7. The van der Waals surface area contributed by atoms with Crippen molar-refractivity contribution in [1.29, 1.82) is 0 Å². The third-order valence-corrected chi connectivity index (χ3v) is 6.75. The summed E-state index contributed by atoms with van der Waals surface area (Å²) < 4.78 is 0. The van der Waals surface area contributed by atoms with Crippen LogP contribution in [0.3, 0.4) is 0 Å². The number of para-hydroxylation sites is 1. The van der Waals surface area contributed by atoms with Crippen molar-refractivity contribution in [2.45, 2.75) is 58.5 Å². The highest BCUT2D eigenvalue weighted by molar-refractivity contribution is 6.10. The zero-order valence-corrected chi connectivity index (χ0v) is 19.1. The average Bonchev–Trinajstić information content (AvgIpc) is 3.07. The molecule has 3 amide bonds. The van der Waals surface area contributed by atoms with Gasteiger partial charge in [0.25, 0.3) is 5.91 Å². The van der Waals surface area contributed by atoms with Gasteiger partial charge in [0.1, 0.15) is 5.66 Å². The van der Waals surface area contributed by atoms with Crippen molar-refractivity contribution in [3.8, 4) is 0 Å². The average molecular weight is 434 g/mol. The maximum Gasteiger partial charge on any atom is 0.257 e. The molecule has 2 aromatic carbocycles. The van der Waals surface area contributed by atoms with Gasteiger partial charge in [0.15, 0.2) is 0 Å². The van der Waals surface area contributed by atoms with Gasteiger partial charge in [-0.1, -0.05) is 35.9 Å². The standard InChI is InChI=1S/C26H31N3O3/c1-18-10-11-20(19(2)17-18)7-6-15-27-23(30)13-16-28-25(32)21-8-4-5-9-22(21)29-24(31)12-14-26(28,29)3/h4-5,8-11,17H,6-7,12-16H2,1-3H3,(H,27,30). The van der Waals surface area contributed by atoms with E-state index in [1.54, 1.807) is 21.9 Å². The molecule has 2 aliphatic heterocycles. The molecule has 0 radical (unpaired) electrons. The third kappa shape index (κ3) is 4.01. The Bertz CT molecular complexity index is 1060. The number of hydrogen-bond donors (Lipinski definition) is 1. The summed E-state index contributed by atoms with van der Waals surface area (Å²) >= 11 is 0. The van der Waals surface area contributed by atoms with E-state index in [9.17, 15) is 14.4 Å². The number of nitrogens with one attached hydrogen (secondary N) is 1. The molecule has 168 valence electrons. The van der Waals surface area contributed by atoms with Gasteiger partial charge in [0, 0.05) is 25.9 Å². The highest BCUT2D eigenvalue weighted by atomic mass is 16.2. The van der Waals surface area contributed by atoms with E-state index in [2.05, 4.69) is 37.4 Å². The third-order valence-electron chi connectivity index (χ3n) is 6.75. The Morgan fingerprint density at radius 3 is 2.69 bits per heavy atom. The van der Waals surface area contributed by atoms with Crippen molar-refractivity contribution in [3.63, 3.8) is 0 Å². The lowest BCUT2D eigenvalue weighted by Crippen LogP contribution is -2.62. The van der Waals surface area contributed by atoms with Gasteiger partial charge in [-0.3, -0.25) is 19.3 Å². The van der Waals surface area contributed by atoms with Crippen molar-refractivity contribution in [2.24, 2.45) is 0 Å². The van der Waals surface area contributed by atoms with Gasteiger partial charge in [0.2, 0.25) is 11.8 Å².